The largest absolute Gasteiger partial charge is 0.480 e. The number of carboxylic acid groups (broad SMARTS) is 1. The second-order valence-electron chi connectivity index (χ2n) is 5.03. The fourth-order valence-corrected chi connectivity index (χ4v) is 4.01. The summed E-state index contributed by atoms with van der Waals surface area (Å²) in [6, 6.07) is 3.69. The monoisotopic (exact) mass is 363 g/mol. The first-order chi connectivity index (χ1) is 9.15. The van der Waals surface area contributed by atoms with Crippen LogP contribution in [0.25, 0.3) is 0 Å². The average Bonchev–Trinajstić information content (AvgIpc) is 2.30. The molecule has 7 heteroatoms. The third kappa shape index (κ3) is 4.29. The fraction of sp³-hybridized carbons (Fsp3) is 0.462. The molecule has 1 rings (SSSR count). The molecule has 1 aromatic rings. The Morgan fingerprint density at radius 2 is 2.00 bits per heavy atom. The Hall–Kier alpha value is -0.920. The Labute approximate surface area is 127 Å². The number of sulfonamides is 1. The third-order valence-electron chi connectivity index (χ3n) is 2.75. The van der Waals surface area contributed by atoms with Gasteiger partial charge in [0.25, 0.3) is 0 Å². The summed E-state index contributed by atoms with van der Waals surface area (Å²) in [6.45, 7) is 5.45. The lowest BCUT2D eigenvalue weighted by Crippen LogP contribution is -2.41. The molecule has 1 aromatic carbocycles. The molecule has 0 aliphatic carbocycles. The topological polar surface area (TPSA) is 83.5 Å². The third-order valence-corrected chi connectivity index (χ3v) is 5.58. The molecule has 0 aliphatic heterocycles. The van der Waals surface area contributed by atoms with E-state index in [-0.39, 0.29) is 17.2 Å². The van der Waals surface area contributed by atoms with Gasteiger partial charge in [-0.05, 0) is 46.8 Å². The van der Waals surface area contributed by atoms with Crippen LogP contribution >= 0.6 is 15.9 Å². The summed E-state index contributed by atoms with van der Waals surface area (Å²) in [5, 5.41) is 9.12. The maximum Gasteiger partial charge on any atom is 0.321 e. The Morgan fingerprint density at radius 1 is 1.40 bits per heavy atom. The molecule has 0 saturated heterocycles. The SMILES string of the molecule is Cc1cccc(S(=O)(=O)NC(CC(C)C)C(=O)O)c1Br. The minimum atomic E-state index is -3.88. The average molecular weight is 364 g/mol. The summed E-state index contributed by atoms with van der Waals surface area (Å²) in [6.07, 6.45) is 0.234. The first-order valence-electron chi connectivity index (χ1n) is 6.15. The van der Waals surface area contributed by atoms with Crippen LogP contribution in [0.3, 0.4) is 0 Å². The minimum Gasteiger partial charge on any atom is -0.480 e. The maximum atomic E-state index is 12.3. The highest BCUT2D eigenvalue weighted by Gasteiger charge is 2.27. The molecule has 0 heterocycles. The number of halogens is 1. The predicted octanol–water partition coefficient (Wildman–Crippen LogP) is 2.54. The summed E-state index contributed by atoms with van der Waals surface area (Å²) < 4.78 is 27.3. The number of hydrogen-bond donors (Lipinski definition) is 2. The molecule has 1 unspecified atom stereocenters. The number of hydrogen-bond acceptors (Lipinski definition) is 3. The molecule has 0 radical (unpaired) electrons. The van der Waals surface area contributed by atoms with E-state index < -0.39 is 22.0 Å². The van der Waals surface area contributed by atoms with Gasteiger partial charge in [0.2, 0.25) is 10.0 Å². The molecule has 0 fully saturated rings. The Kier molecular flexibility index (Phi) is 5.73. The van der Waals surface area contributed by atoms with E-state index in [9.17, 15) is 13.2 Å². The van der Waals surface area contributed by atoms with E-state index in [2.05, 4.69) is 20.7 Å². The van der Waals surface area contributed by atoms with Crippen molar-refractivity contribution in [3.8, 4) is 0 Å². The number of carbonyl (C=O) groups is 1. The molecule has 112 valence electrons. The van der Waals surface area contributed by atoms with E-state index in [0.717, 1.165) is 5.56 Å². The number of nitrogens with one attached hydrogen (secondary N) is 1. The van der Waals surface area contributed by atoms with Gasteiger partial charge in [0.15, 0.2) is 0 Å². The standard InChI is InChI=1S/C13H18BrNO4S/c1-8(2)7-10(13(16)17)15-20(18,19)11-6-4-5-9(3)12(11)14/h4-6,8,10,15H,7H2,1-3H3,(H,16,17). The van der Waals surface area contributed by atoms with E-state index in [1.807, 2.05) is 13.8 Å². The molecule has 0 amide bonds. The smallest absolute Gasteiger partial charge is 0.321 e. The lowest BCUT2D eigenvalue weighted by molar-refractivity contribution is -0.139. The molecule has 0 aromatic heterocycles. The second kappa shape index (κ2) is 6.69. The molecular formula is C13H18BrNO4S. The van der Waals surface area contributed by atoms with Crippen LogP contribution in [0, 0.1) is 12.8 Å². The number of aliphatic carboxylic acids is 1. The van der Waals surface area contributed by atoms with Gasteiger partial charge in [-0.25, -0.2) is 8.42 Å². The lowest BCUT2D eigenvalue weighted by atomic mass is 10.1. The summed E-state index contributed by atoms with van der Waals surface area (Å²) in [4.78, 5) is 11.2. The van der Waals surface area contributed by atoms with Crippen molar-refractivity contribution in [2.75, 3.05) is 0 Å². The second-order valence-corrected chi connectivity index (χ2v) is 7.50. The first kappa shape index (κ1) is 17.1. The van der Waals surface area contributed by atoms with Crippen molar-refractivity contribution in [3.05, 3.63) is 28.2 Å². The molecule has 0 bridgehead atoms. The van der Waals surface area contributed by atoms with Crippen molar-refractivity contribution in [2.24, 2.45) is 5.92 Å². The van der Waals surface area contributed by atoms with Crippen LogP contribution in [-0.4, -0.2) is 25.5 Å². The number of benzene rings is 1. The number of aryl methyl sites for hydroxylation is 1. The van der Waals surface area contributed by atoms with Crippen LogP contribution in [0.5, 0.6) is 0 Å². The van der Waals surface area contributed by atoms with Gasteiger partial charge >= 0.3 is 5.97 Å². The molecule has 20 heavy (non-hydrogen) atoms. The molecule has 0 spiro atoms. The zero-order valence-electron chi connectivity index (χ0n) is 11.6. The van der Waals surface area contributed by atoms with E-state index in [1.54, 1.807) is 19.1 Å². The van der Waals surface area contributed by atoms with Crippen molar-refractivity contribution in [1.82, 2.24) is 4.72 Å². The van der Waals surface area contributed by atoms with Crippen molar-refractivity contribution in [3.63, 3.8) is 0 Å². The van der Waals surface area contributed by atoms with Gasteiger partial charge in [-0.15, -0.1) is 0 Å². The van der Waals surface area contributed by atoms with Crippen molar-refractivity contribution in [2.45, 2.75) is 38.1 Å². The fourth-order valence-electron chi connectivity index (χ4n) is 1.75. The van der Waals surface area contributed by atoms with Gasteiger partial charge in [0.1, 0.15) is 6.04 Å². The van der Waals surface area contributed by atoms with Crippen LogP contribution in [-0.2, 0) is 14.8 Å². The highest BCUT2D eigenvalue weighted by atomic mass is 79.9. The van der Waals surface area contributed by atoms with E-state index in [1.165, 1.54) is 6.07 Å². The molecular weight excluding hydrogens is 346 g/mol. The predicted molar refractivity (Wildman–Crippen MR) is 80.1 cm³/mol. The molecule has 0 aliphatic rings. The lowest BCUT2D eigenvalue weighted by Gasteiger charge is -2.17. The minimum absolute atomic E-state index is 0.0486. The van der Waals surface area contributed by atoms with Gasteiger partial charge in [-0.2, -0.15) is 4.72 Å². The number of carboxylic acids is 1. The molecule has 0 saturated carbocycles. The van der Waals surface area contributed by atoms with E-state index in [0.29, 0.717) is 4.47 Å². The zero-order chi connectivity index (χ0) is 15.5. The summed E-state index contributed by atoms with van der Waals surface area (Å²) >= 11 is 3.23. The summed E-state index contributed by atoms with van der Waals surface area (Å²) in [5.41, 5.74) is 0.767. The zero-order valence-corrected chi connectivity index (χ0v) is 14.0. The van der Waals surface area contributed by atoms with Crippen LogP contribution < -0.4 is 4.72 Å². The van der Waals surface area contributed by atoms with Crippen molar-refractivity contribution in [1.29, 1.82) is 0 Å². The molecule has 2 N–H and O–H groups in total. The van der Waals surface area contributed by atoms with Gasteiger partial charge in [-0.3, -0.25) is 4.79 Å². The molecule has 5 nitrogen and oxygen atoms in total. The normalized spacial score (nSPS) is 13.4. The van der Waals surface area contributed by atoms with Gasteiger partial charge < -0.3 is 5.11 Å². The van der Waals surface area contributed by atoms with Crippen LogP contribution in [0.15, 0.2) is 27.6 Å². The van der Waals surface area contributed by atoms with Gasteiger partial charge in [0, 0.05) is 4.47 Å². The first-order valence-corrected chi connectivity index (χ1v) is 8.43. The van der Waals surface area contributed by atoms with Gasteiger partial charge in [0.05, 0.1) is 4.90 Å². The quantitative estimate of drug-likeness (QED) is 0.813. The summed E-state index contributed by atoms with van der Waals surface area (Å²) in [7, 11) is -3.88. The van der Waals surface area contributed by atoms with Crippen molar-refractivity contribution >= 4 is 31.9 Å². The van der Waals surface area contributed by atoms with Crippen LogP contribution in [0.4, 0.5) is 0 Å². The van der Waals surface area contributed by atoms with Crippen LogP contribution in [0.1, 0.15) is 25.8 Å². The number of rotatable bonds is 6. The Bertz CT molecular complexity index is 598. The highest BCUT2D eigenvalue weighted by molar-refractivity contribution is 9.10. The van der Waals surface area contributed by atoms with E-state index >= 15 is 0 Å². The van der Waals surface area contributed by atoms with Gasteiger partial charge in [-0.1, -0.05) is 26.0 Å². The highest BCUT2D eigenvalue weighted by Crippen LogP contribution is 2.25. The summed E-state index contributed by atoms with van der Waals surface area (Å²) in [5.74, 6) is -1.11. The Morgan fingerprint density at radius 3 is 2.50 bits per heavy atom. The van der Waals surface area contributed by atoms with Crippen LogP contribution in [0.2, 0.25) is 0 Å². The van der Waals surface area contributed by atoms with E-state index in [4.69, 9.17) is 5.11 Å². The Balaban J connectivity index is 3.10. The molecule has 1 atom stereocenters. The van der Waals surface area contributed by atoms with Crippen molar-refractivity contribution < 1.29 is 18.3 Å². The maximum absolute atomic E-state index is 12.3.